The van der Waals surface area contributed by atoms with Crippen LogP contribution in [0.15, 0.2) is 212 Å². The molecule has 0 aliphatic carbocycles. The number of rotatable bonds is 9. The first-order valence-electron chi connectivity index (χ1n) is 35.6. The molecular formula is C80H80N4O. The fourth-order valence-electron chi connectivity index (χ4n) is 11.1. The molecule has 0 amide bonds. The number of nitrogens with zero attached hydrogens (tertiary/aromatic N) is 4. The molecule has 9 aromatic carbocycles. The summed E-state index contributed by atoms with van der Waals surface area (Å²) in [5.41, 5.74) is 7.33. The van der Waals surface area contributed by atoms with E-state index >= 15 is 0 Å². The third-order valence-corrected chi connectivity index (χ3v) is 16.0. The Bertz CT molecular complexity index is 5130. The number of imidazole rings is 1. The van der Waals surface area contributed by atoms with Gasteiger partial charge >= 0.3 is 0 Å². The normalized spacial score (nSPS) is 14.8. The van der Waals surface area contributed by atoms with Crippen molar-refractivity contribution in [2.24, 2.45) is 0 Å². The minimum Gasteiger partial charge on any atom is -0.458 e. The molecule has 426 valence electrons. The van der Waals surface area contributed by atoms with Gasteiger partial charge in [0.2, 0.25) is 0 Å². The second kappa shape index (κ2) is 21.1. The molecular weight excluding hydrogens is 1030 g/mol. The molecule has 3 heterocycles. The third kappa shape index (κ3) is 11.1. The lowest BCUT2D eigenvalue weighted by Gasteiger charge is -2.30. The second-order valence-electron chi connectivity index (χ2n) is 27.5. The summed E-state index contributed by atoms with van der Waals surface area (Å²) >= 11 is 0. The topological polar surface area (TPSA) is 35.9 Å². The summed E-state index contributed by atoms with van der Waals surface area (Å²) in [5.74, 6) is 1.88. The van der Waals surface area contributed by atoms with Crippen LogP contribution in [-0.4, -0.2) is 14.1 Å². The lowest BCUT2D eigenvalue weighted by molar-refractivity contribution is -0.572. The van der Waals surface area contributed by atoms with E-state index in [9.17, 15) is 9.60 Å². The maximum Gasteiger partial charge on any atom is 0.269 e. The number of pyridine rings is 1. The Morgan fingerprint density at radius 2 is 1.02 bits per heavy atom. The Hall–Kier alpha value is -8.80. The largest absolute Gasteiger partial charge is 0.458 e. The minimum atomic E-state index is -0.742. The molecule has 0 unspecified atom stereocenters. The molecule has 12 rings (SSSR count). The maximum atomic E-state index is 10.5. The average Bonchev–Trinajstić information content (AvgIpc) is 1.13. The zero-order valence-electron chi connectivity index (χ0n) is 64.4. The van der Waals surface area contributed by atoms with Crippen molar-refractivity contribution in [2.75, 3.05) is 0 Å². The standard InChI is InChI=1S/C80H80N4O/c1-76(2,3)59-37-38-81-74(48-59)84-70-32-23-22-31-66(70)67-35-34-65(50-72(67)84)85-64-30-24-29-63(49-64)82-51-83(71-36-33-54(44-73(71)82)57-42-60(77(4,5)6)45-61(43-57)78(7,8)9)75-68(46-62(79(10,11)12)47-69(75)80(13,14)15)58-40-55(52-25-18-16-19-26-52)39-56(41-58)53-27-20-17-21-28-53/h16-50H,1-15H3/i16D,17D,18D,19D,20D,21D,25D,26D,27D,28D,39D,40D,41D. The molecule has 3 aromatic heterocycles. The molecule has 0 fully saturated rings. The maximum absolute atomic E-state index is 10.5. The van der Waals surface area contributed by atoms with E-state index in [1.165, 1.54) is 0 Å². The fraction of sp³-hybridized carbons (Fsp3) is 0.250. The predicted molar refractivity (Wildman–Crippen MR) is 358 cm³/mol. The highest BCUT2D eigenvalue weighted by atomic mass is 16.5. The number of para-hydroxylation sites is 1. The van der Waals surface area contributed by atoms with E-state index in [0.717, 1.165) is 66.6 Å². The molecule has 5 nitrogen and oxygen atoms in total. The van der Waals surface area contributed by atoms with E-state index in [0.29, 0.717) is 33.9 Å². The Balaban J connectivity index is 1.17. The van der Waals surface area contributed by atoms with Crippen LogP contribution in [-0.2, 0) is 27.1 Å². The lowest BCUT2D eigenvalue weighted by atomic mass is 9.77. The van der Waals surface area contributed by atoms with Gasteiger partial charge < -0.3 is 4.74 Å². The van der Waals surface area contributed by atoms with E-state index in [2.05, 4.69) is 161 Å². The van der Waals surface area contributed by atoms with E-state index in [1.807, 2.05) is 96.8 Å². The summed E-state index contributed by atoms with van der Waals surface area (Å²) in [7, 11) is 0. The van der Waals surface area contributed by atoms with Gasteiger partial charge in [0.05, 0.1) is 51.3 Å². The van der Waals surface area contributed by atoms with Gasteiger partial charge in [0, 0.05) is 23.0 Å². The highest BCUT2D eigenvalue weighted by Gasteiger charge is 2.30. The van der Waals surface area contributed by atoms with Crippen LogP contribution in [0.4, 0.5) is 0 Å². The van der Waals surface area contributed by atoms with Gasteiger partial charge in [-0.1, -0.05) is 231 Å². The quantitative estimate of drug-likeness (QED) is 0.107. The van der Waals surface area contributed by atoms with Crippen molar-refractivity contribution < 1.29 is 27.1 Å². The highest BCUT2D eigenvalue weighted by molar-refractivity contribution is 6.09. The monoisotopic (exact) mass is 1130 g/mol. The first-order chi connectivity index (χ1) is 45.7. The molecule has 0 N–H and O–H groups in total. The van der Waals surface area contributed by atoms with Gasteiger partial charge in [0.25, 0.3) is 6.33 Å². The summed E-state index contributed by atoms with van der Waals surface area (Å²) in [5, 5.41) is 2.11. The van der Waals surface area contributed by atoms with E-state index in [-0.39, 0.29) is 27.4 Å². The summed E-state index contributed by atoms with van der Waals surface area (Å²) in [6, 6.07) is 34.2. The highest BCUT2D eigenvalue weighted by Crippen LogP contribution is 2.44. The third-order valence-electron chi connectivity index (χ3n) is 16.0. The minimum absolute atomic E-state index is 0.124. The van der Waals surface area contributed by atoms with Crippen LogP contribution >= 0.6 is 0 Å². The van der Waals surface area contributed by atoms with Crippen molar-refractivity contribution in [3.05, 3.63) is 246 Å². The molecule has 5 heteroatoms. The van der Waals surface area contributed by atoms with Crippen molar-refractivity contribution >= 4 is 32.8 Å². The first-order valence-corrected chi connectivity index (χ1v) is 29.1. The van der Waals surface area contributed by atoms with Gasteiger partial charge in [0.1, 0.15) is 17.3 Å². The Labute approximate surface area is 522 Å². The van der Waals surface area contributed by atoms with Crippen molar-refractivity contribution in [2.45, 2.75) is 131 Å². The van der Waals surface area contributed by atoms with Gasteiger partial charge in [-0.05, 0) is 172 Å². The molecule has 0 saturated heterocycles. The fourth-order valence-corrected chi connectivity index (χ4v) is 11.1. The van der Waals surface area contributed by atoms with Crippen LogP contribution in [0.25, 0.3) is 94.5 Å². The molecule has 0 atom stereocenters. The number of hydrogen-bond acceptors (Lipinski definition) is 2. The van der Waals surface area contributed by atoms with Crippen LogP contribution in [0, 0.1) is 6.33 Å². The van der Waals surface area contributed by atoms with Crippen LogP contribution < -0.4 is 9.30 Å². The Morgan fingerprint density at radius 1 is 0.435 bits per heavy atom. The second-order valence-corrected chi connectivity index (χ2v) is 27.5. The molecule has 0 radical (unpaired) electrons. The summed E-state index contributed by atoms with van der Waals surface area (Å²) < 4.78 is 134. The predicted octanol–water partition coefficient (Wildman–Crippen LogP) is 21.1. The smallest absolute Gasteiger partial charge is 0.269 e. The van der Waals surface area contributed by atoms with Gasteiger partial charge in [-0.25, -0.2) is 4.98 Å². The Morgan fingerprint density at radius 3 is 1.65 bits per heavy atom. The SMILES string of the molecule is [2H]c1c([2H])c([2H])c(-c2c([2H])c(-c3cc(C(C)(C)C)cc(C(C)(C)C)c3-[n+]3[c-]n(-c4cccc(Oc5ccc6c7ccccc7n(-c7cc(C(C)(C)C)ccn7)c6c5)c4)c4cc(-c5cc(C(C)(C)C)cc(C(C)(C)C)c5)ccc43)c([2H])c(-c3c([2H])c([2H])c([2H])c([2H])c3[2H])c2[2H])c([2H])c1[2H]. The number of aromatic nitrogens is 4. The van der Waals surface area contributed by atoms with Gasteiger partial charge in [-0.3, -0.25) is 13.7 Å². The van der Waals surface area contributed by atoms with Crippen LogP contribution in [0.5, 0.6) is 11.5 Å². The summed E-state index contributed by atoms with van der Waals surface area (Å²) in [6.45, 7) is 32.1. The molecule has 0 spiro atoms. The average molecular weight is 1130 g/mol. The van der Waals surface area contributed by atoms with Crippen molar-refractivity contribution in [1.29, 1.82) is 0 Å². The molecule has 85 heavy (non-hydrogen) atoms. The number of fused-ring (bicyclic) bond motifs is 4. The number of hydrogen-bond donors (Lipinski definition) is 0. The Kier molecular flexibility index (Phi) is 10.6. The first kappa shape index (κ1) is 42.9. The number of benzene rings is 9. The van der Waals surface area contributed by atoms with E-state index in [4.69, 9.17) is 17.9 Å². The van der Waals surface area contributed by atoms with E-state index in [1.54, 1.807) is 0 Å². The number of ether oxygens (including phenoxy) is 1. The van der Waals surface area contributed by atoms with Gasteiger partial charge in [-0.15, -0.1) is 0 Å². The van der Waals surface area contributed by atoms with Crippen molar-refractivity contribution in [3.63, 3.8) is 0 Å². The molecule has 0 saturated carbocycles. The van der Waals surface area contributed by atoms with E-state index < -0.39 is 112 Å². The molecule has 0 aliphatic heterocycles. The molecule has 0 aliphatic rings. The van der Waals surface area contributed by atoms with Crippen LogP contribution in [0.1, 0.15) is 149 Å². The molecule has 12 aromatic rings. The lowest BCUT2D eigenvalue weighted by Crippen LogP contribution is -2.35. The van der Waals surface area contributed by atoms with Gasteiger partial charge in [-0.2, -0.15) is 0 Å². The summed E-state index contributed by atoms with van der Waals surface area (Å²) in [6.07, 6.45) is 5.65. The zero-order chi connectivity index (χ0) is 71.3. The zero-order valence-corrected chi connectivity index (χ0v) is 51.4. The van der Waals surface area contributed by atoms with Crippen molar-refractivity contribution in [3.8, 4) is 73.2 Å². The van der Waals surface area contributed by atoms with Crippen LogP contribution in [0.3, 0.4) is 0 Å². The van der Waals surface area contributed by atoms with Crippen LogP contribution in [0.2, 0.25) is 0 Å². The molecule has 0 bridgehead atoms. The summed E-state index contributed by atoms with van der Waals surface area (Å²) in [4.78, 5) is 4.91. The van der Waals surface area contributed by atoms with Gasteiger partial charge in [0.15, 0.2) is 0 Å². The van der Waals surface area contributed by atoms with Crippen molar-refractivity contribution in [1.82, 2.24) is 14.1 Å².